The Morgan fingerprint density at radius 3 is 2.22 bits per heavy atom. The summed E-state index contributed by atoms with van der Waals surface area (Å²) >= 11 is 0. The molecule has 0 spiro atoms. The topological polar surface area (TPSA) is 73.2 Å². The van der Waals surface area contributed by atoms with Crippen LogP contribution in [0.3, 0.4) is 0 Å². The molecule has 1 heterocycles. The maximum Gasteiger partial charge on any atom is 0.338 e. The van der Waals surface area contributed by atoms with Crippen molar-refractivity contribution in [3.63, 3.8) is 0 Å². The van der Waals surface area contributed by atoms with Crippen molar-refractivity contribution in [1.82, 2.24) is 15.1 Å². The van der Waals surface area contributed by atoms with Gasteiger partial charge in [0.2, 0.25) is 0 Å². The predicted molar refractivity (Wildman–Crippen MR) is 122 cm³/mol. The van der Waals surface area contributed by atoms with Gasteiger partial charge in [-0.3, -0.25) is 4.79 Å². The molecule has 6 nitrogen and oxygen atoms in total. The van der Waals surface area contributed by atoms with Crippen LogP contribution in [-0.2, 0) is 9.53 Å². The van der Waals surface area contributed by atoms with E-state index >= 15 is 0 Å². The molecular formula is C26H33N3O3. The van der Waals surface area contributed by atoms with Gasteiger partial charge in [-0.1, -0.05) is 0 Å². The molecule has 6 rings (SSSR count). The minimum Gasteiger partial charge on any atom is -0.452 e. The van der Waals surface area contributed by atoms with Crippen LogP contribution in [0.25, 0.3) is 5.69 Å². The summed E-state index contributed by atoms with van der Waals surface area (Å²) in [5, 5.41) is 7.61. The van der Waals surface area contributed by atoms with Crippen molar-refractivity contribution in [3.05, 3.63) is 47.3 Å². The van der Waals surface area contributed by atoms with E-state index in [1.54, 1.807) is 12.1 Å². The first kappa shape index (κ1) is 21.2. The van der Waals surface area contributed by atoms with Gasteiger partial charge in [-0.25, -0.2) is 9.48 Å². The van der Waals surface area contributed by atoms with E-state index in [1.165, 1.54) is 38.5 Å². The Morgan fingerprint density at radius 2 is 1.69 bits per heavy atom. The molecule has 1 N–H and O–H groups in total. The van der Waals surface area contributed by atoms with E-state index in [1.807, 2.05) is 36.7 Å². The van der Waals surface area contributed by atoms with Gasteiger partial charge in [-0.2, -0.15) is 5.10 Å². The molecule has 1 aromatic carbocycles. The van der Waals surface area contributed by atoms with E-state index in [0.29, 0.717) is 5.56 Å². The lowest BCUT2D eigenvalue weighted by Gasteiger charge is -2.59. The highest BCUT2D eigenvalue weighted by Crippen LogP contribution is 2.61. The van der Waals surface area contributed by atoms with Crippen LogP contribution in [0.15, 0.2) is 30.3 Å². The summed E-state index contributed by atoms with van der Waals surface area (Å²) in [6.07, 6.45) is 7.87. The van der Waals surface area contributed by atoms with Crippen LogP contribution in [0, 0.1) is 37.0 Å². The molecule has 170 valence electrons. The standard InChI is InChI=1S/C26H33N3O3/c1-16-8-17(2)29(28-16)23-6-4-22(5-7-23)25(31)32-15-24(30)27-18(3)26-12-19-9-20(13-26)11-21(10-19)14-26/h4-8,18-21H,9-15H2,1-3H3,(H,27,30)/t18-,19?,20?,21?,26?/m0/s1. The third kappa shape index (κ3) is 3.96. The minimum absolute atomic E-state index is 0.127. The number of aryl methyl sites for hydroxylation is 2. The Balaban J connectivity index is 1.15. The highest BCUT2D eigenvalue weighted by Gasteiger charge is 2.53. The molecule has 4 fully saturated rings. The second-order valence-electron chi connectivity index (χ2n) is 10.5. The van der Waals surface area contributed by atoms with Crippen LogP contribution in [0.4, 0.5) is 0 Å². The first-order chi connectivity index (χ1) is 15.3. The average molecular weight is 436 g/mol. The summed E-state index contributed by atoms with van der Waals surface area (Å²) < 4.78 is 7.15. The summed E-state index contributed by atoms with van der Waals surface area (Å²) in [5.41, 5.74) is 3.53. The molecule has 0 aliphatic heterocycles. The van der Waals surface area contributed by atoms with Gasteiger partial charge in [0.05, 0.1) is 16.9 Å². The quantitative estimate of drug-likeness (QED) is 0.684. The molecule has 6 heteroatoms. The molecule has 0 unspecified atom stereocenters. The van der Waals surface area contributed by atoms with Gasteiger partial charge >= 0.3 is 5.97 Å². The van der Waals surface area contributed by atoms with Gasteiger partial charge in [0, 0.05) is 11.7 Å². The van der Waals surface area contributed by atoms with Crippen LogP contribution in [0.1, 0.15) is 67.2 Å². The number of hydrogen-bond donors (Lipinski definition) is 1. The molecule has 1 atom stereocenters. The minimum atomic E-state index is -0.484. The van der Waals surface area contributed by atoms with Crippen molar-refractivity contribution in [2.75, 3.05) is 6.61 Å². The third-order valence-corrected chi connectivity index (χ3v) is 8.07. The first-order valence-electron chi connectivity index (χ1n) is 11.9. The molecule has 0 radical (unpaired) electrons. The Kier molecular flexibility index (Phi) is 5.34. The second-order valence-corrected chi connectivity index (χ2v) is 10.5. The number of rotatable bonds is 6. The number of nitrogens with one attached hydrogen (secondary N) is 1. The van der Waals surface area contributed by atoms with Crippen molar-refractivity contribution in [1.29, 1.82) is 0 Å². The maximum absolute atomic E-state index is 12.6. The first-order valence-corrected chi connectivity index (χ1v) is 11.9. The van der Waals surface area contributed by atoms with Crippen molar-refractivity contribution in [2.45, 2.75) is 65.3 Å². The molecule has 4 aliphatic carbocycles. The van der Waals surface area contributed by atoms with Crippen molar-refractivity contribution < 1.29 is 14.3 Å². The fourth-order valence-corrected chi connectivity index (χ4v) is 6.99. The predicted octanol–water partition coefficient (Wildman–Crippen LogP) is 4.37. The highest BCUT2D eigenvalue weighted by atomic mass is 16.5. The summed E-state index contributed by atoms with van der Waals surface area (Å²) in [5.74, 6) is 1.84. The van der Waals surface area contributed by atoms with E-state index < -0.39 is 5.97 Å². The van der Waals surface area contributed by atoms with Crippen molar-refractivity contribution >= 4 is 11.9 Å². The van der Waals surface area contributed by atoms with E-state index in [9.17, 15) is 9.59 Å². The molecule has 0 saturated heterocycles. The molecule has 1 amide bonds. The Hall–Kier alpha value is -2.63. The number of esters is 1. The number of ether oxygens (including phenoxy) is 1. The second kappa shape index (κ2) is 8.05. The lowest BCUT2D eigenvalue weighted by Crippen LogP contribution is -2.56. The Bertz CT molecular complexity index is 988. The smallest absolute Gasteiger partial charge is 0.338 e. The average Bonchev–Trinajstić information content (AvgIpc) is 3.09. The summed E-state index contributed by atoms with van der Waals surface area (Å²) in [7, 11) is 0. The fourth-order valence-electron chi connectivity index (χ4n) is 6.99. The van der Waals surface area contributed by atoms with E-state index in [2.05, 4.69) is 17.3 Å². The molecule has 32 heavy (non-hydrogen) atoms. The zero-order chi connectivity index (χ0) is 22.5. The number of benzene rings is 1. The summed E-state index contributed by atoms with van der Waals surface area (Å²) in [6.45, 7) is 5.84. The highest BCUT2D eigenvalue weighted by molar-refractivity contribution is 5.91. The van der Waals surface area contributed by atoms with Crippen molar-refractivity contribution in [3.8, 4) is 5.69 Å². The van der Waals surface area contributed by atoms with E-state index in [-0.39, 0.29) is 24.0 Å². The SMILES string of the molecule is Cc1cc(C)n(-c2ccc(C(=O)OCC(=O)N[C@@H](C)C34CC5CC(CC(C5)C3)C4)cc2)n1. The summed E-state index contributed by atoms with van der Waals surface area (Å²) in [4.78, 5) is 25.0. The molecular weight excluding hydrogens is 402 g/mol. The lowest BCUT2D eigenvalue weighted by atomic mass is 9.48. The van der Waals surface area contributed by atoms with Crippen molar-refractivity contribution in [2.24, 2.45) is 23.2 Å². The molecule has 4 aliphatic rings. The van der Waals surface area contributed by atoms with Gasteiger partial charge in [0.25, 0.3) is 5.91 Å². The molecule has 2 aromatic rings. The fraction of sp³-hybridized carbons (Fsp3) is 0.577. The third-order valence-electron chi connectivity index (χ3n) is 8.07. The zero-order valence-corrected chi connectivity index (χ0v) is 19.3. The Labute approximate surface area is 189 Å². The largest absolute Gasteiger partial charge is 0.452 e. The van der Waals surface area contributed by atoms with E-state index in [0.717, 1.165) is 34.8 Å². The molecule has 4 saturated carbocycles. The number of nitrogens with zero attached hydrogens (tertiary/aromatic N) is 2. The van der Waals surface area contributed by atoms with Crippen LogP contribution in [-0.4, -0.2) is 34.3 Å². The number of carbonyl (C=O) groups is 2. The lowest BCUT2D eigenvalue weighted by molar-refractivity contribution is -0.128. The van der Waals surface area contributed by atoms with Crippen LogP contribution in [0.2, 0.25) is 0 Å². The Morgan fingerprint density at radius 1 is 1.09 bits per heavy atom. The zero-order valence-electron chi connectivity index (χ0n) is 19.3. The molecule has 1 aromatic heterocycles. The van der Waals surface area contributed by atoms with Crippen LogP contribution in [0.5, 0.6) is 0 Å². The van der Waals surface area contributed by atoms with Gasteiger partial charge in [-0.05, 0) is 113 Å². The molecule has 4 bridgehead atoms. The van der Waals surface area contributed by atoms with E-state index in [4.69, 9.17) is 4.74 Å². The maximum atomic E-state index is 12.6. The number of hydrogen-bond acceptors (Lipinski definition) is 4. The van der Waals surface area contributed by atoms with Gasteiger partial charge in [0.1, 0.15) is 0 Å². The monoisotopic (exact) mass is 435 g/mol. The normalized spacial score (nSPS) is 29.0. The number of amides is 1. The van der Waals surface area contributed by atoms with Gasteiger partial charge in [0.15, 0.2) is 6.61 Å². The number of aromatic nitrogens is 2. The number of carbonyl (C=O) groups excluding carboxylic acids is 2. The van der Waals surface area contributed by atoms with Crippen LogP contribution < -0.4 is 5.32 Å². The summed E-state index contributed by atoms with van der Waals surface area (Å²) in [6, 6.07) is 9.23. The van der Waals surface area contributed by atoms with Gasteiger partial charge < -0.3 is 10.1 Å². The van der Waals surface area contributed by atoms with Crippen LogP contribution >= 0.6 is 0 Å². The van der Waals surface area contributed by atoms with Gasteiger partial charge in [-0.15, -0.1) is 0 Å².